The highest BCUT2D eigenvalue weighted by molar-refractivity contribution is 7.90. The van der Waals surface area contributed by atoms with Crippen molar-refractivity contribution in [2.45, 2.75) is 18.7 Å². The van der Waals surface area contributed by atoms with Crippen molar-refractivity contribution in [2.75, 3.05) is 11.6 Å². The predicted octanol–water partition coefficient (Wildman–Crippen LogP) is 1.84. The smallest absolute Gasteiger partial charge is 0.288 e. The van der Waals surface area contributed by atoms with Crippen molar-refractivity contribution in [1.29, 1.82) is 0 Å². The summed E-state index contributed by atoms with van der Waals surface area (Å²) in [6.07, 6.45) is 0.865. The van der Waals surface area contributed by atoms with Crippen molar-refractivity contribution < 1.29 is 18.1 Å². The Morgan fingerprint density at radius 3 is 2.48 bits per heavy atom. The molecule has 1 amide bonds. The van der Waals surface area contributed by atoms with E-state index in [4.69, 9.17) is 0 Å². The van der Waals surface area contributed by atoms with Crippen LogP contribution >= 0.6 is 0 Å². The summed E-state index contributed by atoms with van der Waals surface area (Å²) in [6, 6.07) is 8.30. The van der Waals surface area contributed by atoms with Gasteiger partial charge in [-0.15, -0.1) is 5.10 Å². The Balaban J connectivity index is 1.94. The number of nitrogens with one attached hydrogen (secondary N) is 1. The fourth-order valence-electron chi connectivity index (χ4n) is 2.69. The van der Waals surface area contributed by atoms with E-state index >= 15 is 0 Å². The Labute approximate surface area is 165 Å². The molecular formula is C17H16N6O5S. The minimum Gasteiger partial charge on any atom is -0.322 e. The van der Waals surface area contributed by atoms with Gasteiger partial charge in [0.1, 0.15) is 4.90 Å². The molecule has 0 saturated heterocycles. The number of hydrogen-bond acceptors (Lipinski definition) is 8. The maximum atomic E-state index is 12.6. The third kappa shape index (κ3) is 4.11. The van der Waals surface area contributed by atoms with Crippen LogP contribution < -0.4 is 5.32 Å². The number of nitro groups is 1. The normalized spacial score (nSPS) is 11.3. The van der Waals surface area contributed by atoms with E-state index in [9.17, 15) is 23.3 Å². The standard InChI is InChI=1S/C17H16N6O5S/c1-10-4-6-13(9-14(10)22-11(2)19-20-21-22)18-17(24)12-5-7-16(29(3,27)28)15(8-12)23(25)26/h4-9H,1-3H3,(H,18,24). The van der Waals surface area contributed by atoms with Crippen LogP contribution in [0, 0.1) is 24.0 Å². The lowest BCUT2D eigenvalue weighted by molar-refractivity contribution is -0.387. The second kappa shape index (κ2) is 7.39. The highest BCUT2D eigenvalue weighted by Crippen LogP contribution is 2.26. The lowest BCUT2D eigenvalue weighted by Gasteiger charge is -2.11. The van der Waals surface area contributed by atoms with Crippen LogP contribution in [0.4, 0.5) is 11.4 Å². The summed E-state index contributed by atoms with van der Waals surface area (Å²) in [5.41, 5.74) is 1.23. The number of anilines is 1. The summed E-state index contributed by atoms with van der Waals surface area (Å²) in [4.78, 5) is 22.5. The molecule has 0 aliphatic rings. The van der Waals surface area contributed by atoms with Crippen LogP contribution in [0.2, 0.25) is 0 Å². The molecule has 29 heavy (non-hydrogen) atoms. The van der Waals surface area contributed by atoms with Crippen molar-refractivity contribution in [3.05, 3.63) is 63.5 Å². The first-order valence-electron chi connectivity index (χ1n) is 8.24. The number of rotatable bonds is 5. The first kappa shape index (κ1) is 20.1. The largest absolute Gasteiger partial charge is 0.322 e. The zero-order valence-corrected chi connectivity index (χ0v) is 16.5. The molecule has 0 radical (unpaired) electrons. The average molecular weight is 416 g/mol. The molecule has 1 N–H and O–H groups in total. The highest BCUT2D eigenvalue weighted by Gasteiger charge is 2.24. The Kier molecular flexibility index (Phi) is 5.12. The first-order chi connectivity index (χ1) is 13.6. The third-order valence-electron chi connectivity index (χ3n) is 4.14. The number of sulfone groups is 1. The van der Waals surface area contributed by atoms with Crippen LogP contribution in [-0.2, 0) is 9.84 Å². The summed E-state index contributed by atoms with van der Waals surface area (Å²) in [6.45, 7) is 3.59. The SMILES string of the molecule is Cc1ccc(NC(=O)c2ccc(S(C)(=O)=O)c([N+](=O)[O-])c2)cc1-n1nnnc1C. The molecule has 0 unspecified atom stereocenters. The molecule has 0 bridgehead atoms. The van der Waals surface area contributed by atoms with Gasteiger partial charge in [-0.05, 0) is 54.1 Å². The van der Waals surface area contributed by atoms with Gasteiger partial charge in [-0.3, -0.25) is 14.9 Å². The maximum Gasteiger partial charge on any atom is 0.288 e. The van der Waals surface area contributed by atoms with Gasteiger partial charge in [-0.25, -0.2) is 8.42 Å². The van der Waals surface area contributed by atoms with Crippen LogP contribution in [0.25, 0.3) is 5.69 Å². The van der Waals surface area contributed by atoms with Gasteiger partial charge in [0.2, 0.25) is 0 Å². The number of aryl methyl sites for hydroxylation is 2. The minimum absolute atomic E-state index is 0.0511. The molecule has 0 aliphatic heterocycles. The van der Waals surface area contributed by atoms with Crippen molar-refractivity contribution in [2.24, 2.45) is 0 Å². The number of hydrogen-bond donors (Lipinski definition) is 1. The number of aromatic nitrogens is 4. The van der Waals surface area contributed by atoms with Crippen LogP contribution in [0.5, 0.6) is 0 Å². The fraction of sp³-hybridized carbons (Fsp3) is 0.176. The predicted molar refractivity (Wildman–Crippen MR) is 103 cm³/mol. The minimum atomic E-state index is -3.81. The average Bonchev–Trinajstić information content (AvgIpc) is 3.07. The molecule has 12 heteroatoms. The zero-order valence-electron chi connectivity index (χ0n) is 15.6. The van der Waals surface area contributed by atoms with Gasteiger partial charge < -0.3 is 5.32 Å². The number of benzene rings is 2. The molecule has 0 spiro atoms. The molecule has 1 aromatic heterocycles. The van der Waals surface area contributed by atoms with Crippen LogP contribution in [0.1, 0.15) is 21.7 Å². The van der Waals surface area contributed by atoms with E-state index in [1.807, 2.05) is 6.92 Å². The second-order valence-corrected chi connectivity index (χ2v) is 8.29. The summed E-state index contributed by atoms with van der Waals surface area (Å²) in [5.74, 6) is -0.0695. The zero-order chi connectivity index (χ0) is 21.3. The summed E-state index contributed by atoms with van der Waals surface area (Å²) < 4.78 is 24.9. The fourth-order valence-corrected chi connectivity index (χ4v) is 3.52. The Morgan fingerprint density at radius 2 is 1.90 bits per heavy atom. The molecule has 1 heterocycles. The van der Waals surface area contributed by atoms with Gasteiger partial charge in [-0.2, -0.15) is 4.68 Å². The number of tetrazole rings is 1. The van der Waals surface area contributed by atoms with Crippen LogP contribution in [0.15, 0.2) is 41.3 Å². The quantitative estimate of drug-likeness (QED) is 0.489. The molecular weight excluding hydrogens is 400 g/mol. The highest BCUT2D eigenvalue weighted by atomic mass is 32.2. The molecule has 0 saturated carbocycles. The summed E-state index contributed by atoms with van der Waals surface area (Å²) in [5, 5.41) is 25.2. The number of amides is 1. The Morgan fingerprint density at radius 1 is 1.17 bits per heavy atom. The van der Waals surface area contributed by atoms with Gasteiger partial charge in [0, 0.05) is 23.6 Å². The molecule has 150 valence electrons. The summed E-state index contributed by atoms with van der Waals surface area (Å²) >= 11 is 0. The van der Waals surface area contributed by atoms with E-state index in [-0.39, 0.29) is 5.56 Å². The number of carbonyl (C=O) groups excluding carboxylic acids is 1. The van der Waals surface area contributed by atoms with Crippen molar-refractivity contribution >= 4 is 27.1 Å². The topological polar surface area (TPSA) is 150 Å². The second-order valence-electron chi connectivity index (χ2n) is 6.31. The van der Waals surface area contributed by atoms with Gasteiger partial charge in [0.25, 0.3) is 11.6 Å². The first-order valence-corrected chi connectivity index (χ1v) is 10.1. The monoisotopic (exact) mass is 416 g/mol. The molecule has 3 rings (SSSR count). The van der Waals surface area contributed by atoms with Gasteiger partial charge in [0.05, 0.1) is 10.6 Å². The lowest BCUT2D eigenvalue weighted by atomic mass is 10.1. The van der Waals surface area contributed by atoms with E-state index in [0.29, 0.717) is 17.2 Å². The van der Waals surface area contributed by atoms with Gasteiger partial charge in [-0.1, -0.05) is 6.07 Å². The van der Waals surface area contributed by atoms with E-state index in [1.54, 1.807) is 25.1 Å². The molecule has 0 fully saturated rings. The van der Waals surface area contributed by atoms with Gasteiger partial charge >= 0.3 is 0 Å². The molecule has 0 atom stereocenters. The van der Waals surface area contributed by atoms with Gasteiger partial charge in [0.15, 0.2) is 15.7 Å². The van der Waals surface area contributed by atoms with Crippen molar-refractivity contribution in [1.82, 2.24) is 20.2 Å². The number of carbonyl (C=O) groups is 1. The molecule has 3 aromatic rings. The number of nitro benzene ring substituents is 1. The summed E-state index contributed by atoms with van der Waals surface area (Å²) in [7, 11) is -3.81. The van der Waals surface area contributed by atoms with E-state index in [0.717, 1.165) is 24.0 Å². The van der Waals surface area contributed by atoms with E-state index in [1.165, 1.54) is 10.7 Å². The Bertz CT molecular complexity index is 1230. The van der Waals surface area contributed by atoms with Crippen LogP contribution in [-0.4, -0.2) is 45.7 Å². The van der Waals surface area contributed by atoms with E-state index in [2.05, 4.69) is 20.8 Å². The third-order valence-corrected chi connectivity index (χ3v) is 5.28. The van der Waals surface area contributed by atoms with Crippen molar-refractivity contribution in [3.8, 4) is 5.69 Å². The van der Waals surface area contributed by atoms with E-state index < -0.39 is 31.3 Å². The molecule has 11 nitrogen and oxygen atoms in total. The molecule has 2 aromatic carbocycles. The Hall–Kier alpha value is -3.67. The van der Waals surface area contributed by atoms with Crippen LogP contribution in [0.3, 0.4) is 0 Å². The lowest BCUT2D eigenvalue weighted by Crippen LogP contribution is -2.14. The van der Waals surface area contributed by atoms with Crippen molar-refractivity contribution in [3.63, 3.8) is 0 Å². The number of nitrogens with zero attached hydrogens (tertiary/aromatic N) is 5. The maximum absolute atomic E-state index is 12.6. The molecule has 0 aliphatic carbocycles.